The molecule has 7 heteroatoms. The molecule has 2 amide bonds. The lowest BCUT2D eigenvalue weighted by Crippen LogP contribution is -2.28. The maximum absolute atomic E-state index is 12.0. The number of anilines is 1. The standard InChI is InChI=1S/C15H15N5O2/c1-22-12-6-4-11(5-7-12)9-16-15(21)19-13-3-2-8-20-14(13)17-10-18-20/h2-8,10H,9H2,1H3,(H2,16,19,21). The monoisotopic (exact) mass is 297 g/mol. The molecule has 0 aliphatic heterocycles. The second-order valence-corrected chi connectivity index (χ2v) is 4.61. The molecule has 0 saturated heterocycles. The number of pyridine rings is 1. The van der Waals surface area contributed by atoms with Crippen molar-refractivity contribution in [3.05, 3.63) is 54.5 Å². The van der Waals surface area contributed by atoms with Crippen LogP contribution in [0.25, 0.3) is 5.65 Å². The third kappa shape index (κ3) is 2.98. The van der Waals surface area contributed by atoms with E-state index in [1.807, 2.05) is 24.3 Å². The number of hydrogen-bond donors (Lipinski definition) is 2. The number of urea groups is 1. The third-order valence-electron chi connectivity index (χ3n) is 3.16. The van der Waals surface area contributed by atoms with E-state index in [4.69, 9.17) is 4.74 Å². The number of benzene rings is 1. The predicted molar refractivity (Wildman–Crippen MR) is 81.8 cm³/mol. The summed E-state index contributed by atoms with van der Waals surface area (Å²) in [7, 11) is 1.62. The van der Waals surface area contributed by atoms with Crippen LogP contribution in [-0.4, -0.2) is 27.7 Å². The summed E-state index contributed by atoms with van der Waals surface area (Å²) in [4.78, 5) is 16.1. The fourth-order valence-electron chi connectivity index (χ4n) is 2.04. The summed E-state index contributed by atoms with van der Waals surface area (Å²) in [5.74, 6) is 0.784. The first-order valence-corrected chi connectivity index (χ1v) is 6.72. The van der Waals surface area contributed by atoms with E-state index in [1.54, 1.807) is 30.0 Å². The number of aromatic nitrogens is 3. The van der Waals surface area contributed by atoms with Crippen molar-refractivity contribution in [2.24, 2.45) is 0 Å². The molecule has 22 heavy (non-hydrogen) atoms. The van der Waals surface area contributed by atoms with Gasteiger partial charge in [-0.3, -0.25) is 0 Å². The Labute approximate surface area is 126 Å². The van der Waals surface area contributed by atoms with Crippen LogP contribution in [-0.2, 0) is 6.54 Å². The zero-order valence-electron chi connectivity index (χ0n) is 12.0. The van der Waals surface area contributed by atoms with Crippen LogP contribution in [0.15, 0.2) is 48.9 Å². The molecule has 2 N–H and O–H groups in total. The van der Waals surface area contributed by atoms with Gasteiger partial charge in [0.15, 0.2) is 5.65 Å². The van der Waals surface area contributed by atoms with E-state index in [2.05, 4.69) is 20.7 Å². The molecule has 7 nitrogen and oxygen atoms in total. The topological polar surface area (TPSA) is 80.5 Å². The van der Waals surface area contributed by atoms with E-state index >= 15 is 0 Å². The number of rotatable bonds is 4. The van der Waals surface area contributed by atoms with Gasteiger partial charge in [-0.15, -0.1) is 0 Å². The summed E-state index contributed by atoms with van der Waals surface area (Å²) in [5, 5.41) is 9.58. The van der Waals surface area contributed by atoms with Crippen molar-refractivity contribution >= 4 is 17.4 Å². The lowest BCUT2D eigenvalue weighted by molar-refractivity contribution is 0.252. The van der Waals surface area contributed by atoms with Crippen molar-refractivity contribution < 1.29 is 9.53 Å². The second kappa shape index (κ2) is 6.13. The highest BCUT2D eigenvalue weighted by Crippen LogP contribution is 2.13. The van der Waals surface area contributed by atoms with E-state index in [0.29, 0.717) is 17.9 Å². The molecule has 0 spiro atoms. The molecule has 0 atom stereocenters. The first-order chi connectivity index (χ1) is 10.8. The summed E-state index contributed by atoms with van der Waals surface area (Å²) in [6.07, 6.45) is 3.21. The molecule has 3 aromatic rings. The van der Waals surface area contributed by atoms with Crippen LogP contribution in [0.5, 0.6) is 5.75 Å². The smallest absolute Gasteiger partial charge is 0.319 e. The molecule has 0 aliphatic rings. The summed E-state index contributed by atoms with van der Waals surface area (Å²) < 4.78 is 6.69. The normalized spacial score (nSPS) is 10.4. The number of carbonyl (C=O) groups excluding carboxylic acids is 1. The molecular weight excluding hydrogens is 282 g/mol. The molecule has 3 rings (SSSR count). The molecule has 0 saturated carbocycles. The number of hydrogen-bond acceptors (Lipinski definition) is 4. The molecule has 1 aromatic carbocycles. The van der Waals surface area contributed by atoms with E-state index in [0.717, 1.165) is 11.3 Å². The van der Waals surface area contributed by atoms with Crippen molar-refractivity contribution in [3.8, 4) is 5.75 Å². The van der Waals surface area contributed by atoms with Crippen LogP contribution in [0, 0.1) is 0 Å². The summed E-state index contributed by atoms with van der Waals surface area (Å²) in [5.41, 5.74) is 2.19. The second-order valence-electron chi connectivity index (χ2n) is 4.61. The maximum Gasteiger partial charge on any atom is 0.319 e. The van der Waals surface area contributed by atoms with Crippen LogP contribution in [0.4, 0.5) is 10.5 Å². The molecule has 0 aliphatic carbocycles. The van der Waals surface area contributed by atoms with Crippen LogP contribution in [0.1, 0.15) is 5.56 Å². The zero-order valence-corrected chi connectivity index (χ0v) is 12.0. The highest BCUT2D eigenvalue weighted by Gasteiger charge is 2.07. The lowest BCUT2D eigenvalue weighted by atomic mass is 10.2. The Bertz CT molecular complexity index is 782. The highest BCUT2D eigenvalue weighted by molar-refractivity contribution is 5.92. The van der Waals surface area contributed by atoms with Gasteiger partial charge in [-0.1, -0.05) is 12.1 Å². The Hall–Kier alpha value is -3.09. The first kappa shape index (κ1) is 13.9. The number of amides is 2. The van der Waals surface area contributed by atoms with Crippen molar-refractivity contribution in [2.75, 3.05) is 12.4 Å². The predicted octanol–water partition coefficient (Wildman–Crippen LogP) is 2.06. The Balaban J connectivity index is 1.61. The van der Waals surface area contributed by atoms with Crippen molar-refractivity contribution in [1.82, 2.24) is 19.9 Å². The van der Waals surface area contributed by atoms with Gasteiger partial charge in [-0.25, -0.2) is 14.3 Å². The average Bonchev–Trinajstić information content (AvgIpc) is 3.03. The van der Waals surface area contributed by atoms with Gasteiger partial charge in [-0.05, 0) is 29.8 Å². The fraction of sp³-hybridized carbons (Fsp3) is 0.133. The minimum atomic E-state index is -0.299. The van der Waals surface area contributed by atoms with Gasteiger partial charge in [0.2, 0.25) is 0 Å². The van der Waals surface area contributed by atoms with Crippen LogP contribution >= 0.6 is 0 Å². The van der Waals surface area contributed by atoms with Crippen molar-refractivity contribution in [2.45, 2.75) is 6.54 Å². The van der Waals surface area contributed by atoms with Gasteiger partial charge < -0.3 is 15.4 Å². The Kier molecular flexibility index (Phi) is 3.86. The van der Waals surface area contributed by atoms with Crippen molar-refractivity contribution in [1.29, 1.82) is 0 Å². The zero-order chi connectivity index (χ0) is 15.4. The third-order valence-corrected chi connectivity index (χ3v) is 3.16. The molecule has 0 unspecified atom stereocenters. The SMILES string of the molecule is COc1ccc(CNC(=O)Nc2cccn3ncnc23)cc1. The molecule has 0 fully saturated rings. The van der Waals surface area contributed by atoms with E-state index < -0.39 is 0 Å². The molecule has 0 radical (unpaired) electrons. The quantitative estimate of drug-likeness (QED) is 0.772. The molecular formula is C15H15N5O2. The highest BCUT2D eigenvalue weighted by atomic mass is 16.5. The average molecular weight is 297 g/mol. The Morgan fingerprint density at radius 2 is 2.09 bits per heavy atom. The van der Waals surface area contributed by atoms with Crippen molar-refractivity contribution in [3.63, 3.8) is 0 Å². The van der Waals surface area contributed by atoms with Crippen LogP contribution in [0.3, 0.4) is 0 Å². The number of ether oxygens (including phenoxy) is 1. The summed E-state index contributed by atoms with van der Waals surface area (Å²) in [6.45, 7) is 0.422. The van der Waals surface area contributed by atoms with Gasteiger partial charge in [-0.2, -0.15) is 5.10 Å². The number of carbonyl (C=O) groups is 1. The lowest BCUT2D eigenvalue weighted by Gasteiger charge is -2.08. The summed E-state index contributed by atoms with van der Waals surface area (Å²) >= 11 is 0. The largest absolute Gasteiger partial charge is 0.497 e. The molecule has 112 valence electrons. The minimum Gasteiger partial charge on any atom is -0.497 e. The number of nitrogens with zero attached hydrogens (tertiary/aromatic N) is 3. The Morgan fingerprint density at radius 1 is 1.27 bits per heavy atom. The van der Waals surface area contributed by atoms with Gasteiger partial charge in [0.25, 0.3) is 0 Å². The Morgan fingerprint density at radius 3 is 2.86 bits per heavy atom. The van der Waals surface area contributed by atoms with Gasteiger partial charge in [0.1, 0.15) is 12.1 Å². The molecule has 0 bridgehead atoms. The number of fused-ring (bicyclic) bond motifs is 1. The number of methoxy groups -OCH3 is 1. The maximum atomic E-state index is 12.0. The van der Waals surface area contributed by atoms with Gasteiger partial charge in [0, 0.05) is 12.7 Å². The van der Waals surface area contributed by atoms with Gasteiger partial charge >= 0.3 is 6.03 Å². The van der Waals surface area contributed by atoms with E-state index in [9.17, 15) is 4.79 Å². The minimum absolute atomic E-state index is 0.299. The summed E-state index contributed by atoms with van der Waals surface area (Å²) in [6, 6.07) is 10.8. The first-order valence-electron chi connectivity index (χ1n) is 6.72. The fourth-order valence-corrected chi connectivity index (χ4v) is 2.04. The molecule has 2 aromatic heterocycles. The van der Waals surface area contributed by atoms with Crippen LogP contribution in [0.2, 0.25) is 0 Å². The number of nitrogens with one attached hydrogen (secondary N) is 2. The van der Waals surface area contributed by atoms with E-state index in [-0.39, 0.29) is 6.03 Å². The van der Waals surface area contributed by atoms with E-state index in [1.165, 1.54) is 6.33 Å². The van der Waals surface area contributed by atoms with Gasteiger partial charge in [0.05, 0.1) is 12.8 Å². The molecule has 2 heterocycles. The van der Waals surface area contributed by atoms with Crippen LogP contribution < -0.4 is 15.4 Å².